The van der Waals surface area contributed by atoms with Gasteiger partial charge in [-0.15, -0.1) is 0 Å². The van der Waals surface area contributed by atoms with Gasteiger partial charge in [0.1, 0.15) is 0 Å². The molecule has 5 aromatic rings. The quantitative estimate of drug-likeness (QED) is 0.298. The van der Waals surface area contributed by atoms with Gasteiger partial charge in [0, 0.05) is 43.9 Å². The summed E-state index contributed by atoms with van der Waals surface area (Å²) in [6.45, 7) is 3.14. The van der Waals surface area contributed by atoms with Gasteiger partial charge in [0.25, 0.3) is 5.91 Å². The summed E-state index contributed by atoms with van der Waals surface area (Å²) >= 11 is 0. The highest BCUT2D eigenvalue weighted by Gasteiger charge is 2.28. The summed E-state index contributed by atoms with van der Waals surface area (Å²) in [5, 5.41) is 19.7. The van der Waals surface area contributed by atoms with Crippen LogP contribution in [-0.2, 0) is 32.6 Å². The number of carbonyl (C=O) groups excluding carboxylic acids is 1. The summed E-state index contributed by atoms with van der Waals surface area (Å²) in [6.07, 6.45) is 0.793. The monoisotopic (exact) mass is 516 g/mol. The first-order chi connectivity index (χ1) is 19.2. The number of hydrogen-bond acceptors (Lipinski definition) is 4. The molecule has 0 bridgehead atoms. The third kappa shape index (κ3) is 5.35. The maximum Gasteiger partial charge on any atom is 0.272 e. The van der Waals surface area contributed by atoms with E-state index in [1.807, 2.05) is 35.0 Å². The number of hydrogen-bond donors (Lipinski definition) is 2. The molecule has 6 nitrogen and oxygen atoms in total. The fourth-order valence-corrected chi connectivity index (χ4v) is 5.54. The van der Waals surface area contributed by atoms with Gasteiger partial charge >= 0.3 is 0 Å². The Kier molecular flexibility index (Phi) is 7.21. The van der Waals surface area contributed by atoms with Crippen LogP contribution in [0, 0.1) is 0 Å². The molecule has 1 aromatic heterocycles. The molecule has 0 unspecified atom stereocenters. The number of aliphatic hydroxyl groups excluding tert-OH is 1. The van der Waals surface area contributed by atoms with Gasteiger partial charge in [0.2, 0.25) is 0 Å². The molecule has 39 heavy (non-hydrogen) atoms. The minimum Gasteiger partial charge on any atom is -0.394 e. The van der Waals surface area contributed by atoms with Gasteiger partial charge in [-0.05, 0) is 33.0 Å². The second kappa shape index (κ2) is 11.2. The molecule has 6 rings (SSSR count). The van der Waals surface area contributed by atoms with Gasteiger partial charge in [-0.1, -0.05) is 97.1 Å². The van der Waals surface area contributed by atoms with Crippen LogP contribution in [0.25, 0.3) is 21.9 Å². The van der Waals surface area contributed by atoms with Crippen molar-refractivity contribution < 1.29 is 9.90 Å². The number of fused-ring (bicyclic) bond motifs is 2. The van der Waals surface area contributed by atoms with E-state index in [0.29, 0.717) is 25.3 Å². The van der Waals surface area contributed by atoms with Crippen molar-refractivity contribution >= 4 is 16.7 Å². The number of benzene rings is 4. The zero-order chi connectivity index (χ0) is 26.6. The van der Waals surface area contributed by atoms with Crippen LogP contribution in [0.4, 0.5) is 0 Å². The first-order valence-corrected chi connectivity index (χ1v) is 13.5. The molecule has 0 saturated carbocycles. The largest absolute Gasteiger partial charge is 0.394 e. The van der Waals surface area contributed by atoms with Crippen molar-refractivity contribution in [3.05, 3.63) is 125 Å². The lowest BCUT2D eigenvalue weighted by Crippen LogP contribution is -2.32. The van der Waals surface area contributed by atoms with Crippen LogP contribution >= 0.6 is 0 Å². The minimum absolute atomic E-state index is 0.0112. The van der Waals surface area contributed by atoms with Crippen LogP contribution in [0.1, 0.15) is 32.9 Å². The Morgan fingerprint density at radius 1 is 0.872 bits per heavy atom. The minimum atomic E-state index is -0.176. The fourth-order valence-electron chi connectivity index (χ4n) is 5.54. The van der Waals surface area contributed by atoms with Gasteiger partial charge in [-0.3, -0.25) is 14.4 Å². The lowest BCUT2D eigenvalue weighted by molar-refractivity contribution is 0.0942. The molecule has 0 saturated heterocycles. The molecule has 1 aliphatic rings. The average Bonchev–Trinajstić information content (AvgIpc) is 3.34. The van der Waals surface area contributed by atoms with Gasteiger partial charge in [0.15, 0.2) is 5.69 Å². The molecule has 0 aliphatic carbocycles. The second-order valence-electron chi connectivity index (χ2n) is 10.1. The molecule has 2 heterocycles. The van der Waals surface area contributed by atoms with Gasteiger partial charge in [-0.2, -0.15) is 5.10 Å². The maximum atomic E-state index is 13.4. The number of carbonyl (C=O) groups is 1. The number of aliphatic hydroxyl groups is 1. The summed E-state index contributed by atoms with van der Waals surface area (Å²) in [5.74, 6) is -0.176. The third-order valence-corrected chi connectivity index (χ3v) is 7.53. The van der Waals surface area contributed by atoms with E-state index in [4.69, 9.17) is 0 Å². The molecule has 6 heteroatoms. The van der Waals surface area contributed by atoms with E-state index < -0.39 is 0 Å². The summed E-state index contributed by atoms with van der Waals surface area (Å²) in [4.78, 5) is 15.8. The molecule has 0 atom stereocenters. The molecule has 0 fully saturated rings. The zero-order valence-corrected chi connectivity index (χ0v) is 21.9. The highest BCUT2D eigenvalue weighted by atomic mass is 16.3. The van der Waals surface area contributed by atoms with Crippen molar-refractivity contribution in [2.24, 2.45) is 0 Å². The molecule has 1 amide bonds. The van der Waals surface area contributed by atoms with E-state index in [9.17, 15) is 9.90 Å². The van der Waals surface area contributed by atoms with Crippen LogP contribution in [0.3, 0.4) is 0 Å². The van der Waals surface area contributed by atoms with Crippen molar-refractivity contribution in [1.82, 2.24) is 20.0 Å². The number of nitrogens with zero attached hydrogens (tertiary/aromatic N) is 3. The van der Waals surface area contributed by atoms with Gasteiger partial charge in [0.05, 0.1) is 13.2 Å². The second-order valence-corrected chi connectivity index (χ2v) is 10.1. The van der Waals surface area contributed by atoms with Crippen LogP contribution < -0.4 is 5.32 Å². The average molecular weight is 517 g/mol. The van der Waals surface area contributed by atoms with Crippen molar-refractivity contribution in [3.63, 3.8) is 0 Å². The molecule has 2 N–H and O–H groups in total. The van der Waals surface area contributed by atoms with Crippen molar-refractivity contribution in [1.29, 1.82) is 0 Å². The van der Waals surface area contributed by atoms with E-state index >= 15 is 0 Å². The Morgan fingerprint density at radius 2 is 1.62 bits per heavy atom. The summed E-state index contributed by atoms with van der Waals surface area (Å²) in [6, 6.07) is 33.5. The maximum absolute atomic E-state index is 13.4. The predicted octanol–water partition coefficient (Wildman–Crippen LogP) is 5.18. The van der Waals surface area contributed by atoms with E-state index in [1.54, 1.807) is 0 Å². The molecule has 0 spiro atoms. The topological polar surface area (TPSA) is 70.4 Å². The van der Waals surface area contributed by atoms with Gasteiger partial charge in [-0.25, -0.2) is 0 Å². The SMILES string of the molecule is O=C(NCc1cccc2ccccc12)c1nn(CCO)c2c1CN(Cc1ccc(-c3ccccc3)cc1)CC2. The molecule has 0 radical (unpaired) electrons. The van der Waals surface area contributed by atoms with Crippen LogP contribution in [0.5, 0.6) is 0 Å². The number of aromatic nitrogens is 2. The third-order valence-electron chi connectivity index (χ3n) is 7.53. The van der Waals surface area contributed by atoms with E-state index in [0.717, 1.165) is 47.1 Å². The first kappa shape index (κ1) is 25.0. The Hall–Kier alpha value is -4.26. The molecular weight excluding hydrogens is 484 g/mol. The normalized spacial score (nSPS) is 13.4. The smallest absolute Gasteiger partial charge is 0.272 e. The van der Waals surface area contributed by atoms with Crippen LogP contribution in [0.2, 0.25) is 0 Å². The first-order valence-electron chi connectivity index (χ1n) is 13.5. The number of amides is 1. The molecule has 196 valence electrons. The number of rotatable bonds is 8. The molecule has 4 aromatic carbocycles. The zero-order valence-electron chi connectivity index (χ0n) is 21.9. The lowest BCUT2D eigenvalue weighted by Gasteiger charge is -2.27. The standard InChI is InChI=1S/C33H32N4O2/c38-20-19-37-31-17-18-36(22-24-13-15-26(16-14-24)25-7-2-1-3-8-25)23-30(31)32(35-37)33(39)34-21-28-11-6-10-27-9-4-5-12-29(27)28/h1-16,38H,17-23H2,(H,34,39). The van der Waals surface area contributed by atoms with Crippen molar-refractivity contribution in [3.8, 4) is 11.1 Å². The van der Waals surface area contributed by atoms with E-state index in [1.165, 1.54) is 16.7 Å². The molecular formula is C33H32N4O2. The summed E-state index contributed by atoms with van der Waals surface area (Å²) in [5.41, 5.74) is 7.20. The fraction of sp³-hybridized carbons (Fsp3) is 0.212. The highest BCUT2D eigenvalue weighted by molar-refractivity contribution is 5.94. The van der Waals surface area contributed by atoms with Crippen LogP contribution in [-0.4, -0.2) is 38.8 Å². The lowest BCUT2D eigenvalue weighted by atomic mass is 10.0. The van der Waals surface area contributed by atoms with Crippen LogP contribution in [0.15, 0.2) is 97.1 Å². The van der Waals surface area contributed by atoms with E-state index in [-0.39, 0.29) is 12.5 Å². The Balaban J connectivity index is 1.18. The van der Waals surface area contributed by atoms with Crippen molar-refractivity contribution in [2.75, 3.05) is 13.2 Å². The van der Waals surface area contributed by atoms with E-state index in [2.05, 4.69) is 82.0 Å². The Morgan fingerprint density at radius 3 is 2.44 bits per heavy atom. The Bertz CT molecular complexity index is 1590. The molecule has 1 aliphatic heterocycles. The summed E-state index contributed by atoms with van der Waals surface area (Å²) < 4.78 is 1.81. The highest BCUT2D eigenvalue weighted by Crippen LogP contribution is 2.26. The summed E-state index contributed by atoms with van der Waals surface area (Å²) in [7, 11) is 0. The van der Waals surface area contributed by atoms with Crippen molar-refractivity contribution in [2.45, 2.75) is 32.6 Å². The van der Waals surface area contributed by atoms with Gasteiger partial charge < -0.3 is 10.4 Å². The number of nitrogens with one attached hydrogen (secondary N) is 1. The predicted molar refractivity (Wildman–Crippen MR) is 154 cm³/mol. The Labute approximate surface area is 228 Å².